The number of carbonyl (C=O) groups excluding carboxylic acids is 2. The van der Waals surface area contributed by atoms with Crippen LogP contribution in [-0.4, -0.2) is 53.8 Å². The molecule has 1 aromatic carbocycles. The van der Waals surface area contributed by atoms with Crippen molar-refractivity contribution < 1.29 is 22.8 Å². The van der Waals surface area contributed by atoms with Crippen LogP contribution < -0.4 is 5.32 Å². The lowest BCUT2D eigenvalue weighted by Crippen LogP contribution is -2.43. The molecular formula is C18H24F3N3O2. The van der Waals surface area contributed by atoms with Gasteiger partial charge in [0.25, 0.3) is 0 Å². The molecule has 1 aromatic rings. The summed E-state index contributed by atoms with van der Waals surface area (Å²) in [4.78, 5) is 27.5. The lowest BCUT2D eigenvalue weighted by Gasteiger charge is -2.21. The van der Waals surface area contributed by atoms with Crippen LogP contribution in [0.25, 0.3) is 0 Å². The van der Waals surface area contributed by atoms with E-state index in [0.29, 0.717) is 0 Å². The fraction of sp³-hybridized carbons (Fsp3) is 0.556. The van der Waals surface area contributed by atoms with Gasteiger partial charge in [-0.15, -0.1) is 0 Å². The largest absolute Gasteiger partial charge is 0.416 e. The van der Waals surface area contributed by atoms with Crippen LogP contribution >= 0.6 is 0 Å². The Balaban J connectivity index is 1.98. The van der Waals surface area contributed by atoms with Gasteiger partial charge in [-0.2, -0.15) is 13.2 Å². The maximum atomic E-state index is 13.1. The fourth-order valence-electron chi connectivity index (χ4n) is 3.09. The molecule has 1 aliphatic rings. The zero-order valence-corrected chi connectivity index (χ0v) is 15.0. The van der Waals surface area contributed by atoms with Crippen LogP contribution in [0.1, 0.15) is 31.4 Å². The number of hydrogen-bond donors (Lipinski definition) is 1. The number of rotatable bonds is 7. The molecule has 26 heavy (non-hydrogen) atoms. The van der Waals surface area contributed by atoms with Gasteiger partial charge >= 0.3 is 6.18 Å². The second-order valence-corrected chi connectivity index (χ2v) is 6.36. The summed E-state index contributed by atoms with van der Waals surface area (Å²) in [6.45, 7) is 5.74. The van der Waals surface area contributed by atoms with E-state index >= 15 is 0 Å². The molecule has 144 valence electrons. The minimum Gasteiger partial charge on any atom is -0.350 e. The smallest absolute Gasteiger partial charge is 0.350 e. The highest BCUT2D eigenvalue weighted by atomic mass is 19.4. The second-order valence-electron chi connectivity index (χ2n) is 6.36. The second kappa shape index (κ2) is 8.53. The van der Waals surface area contributed by atoms with Crippen molar-refractivity contribution in [2.45, 2.75) is 39.0 Å². The maximum absolute atomic E-state index is 13.1. The van der Waals surface area contributed by atoms with Crippen LogP contribution in [-0.2, 0) is 22.3 Å². The van der Waals surface area contributed by atoms with E-state index in [1.54, 1.807) is 0 Å². The molecule has 1 heterocycles. The number of likely N-dealkylation sites (N-methyl/N-ethyl adjacent to an activating group) is 1. The van der Waals surface area contributed by atoms with E-state index in [-0.39, 0.29) is 49.5 Å². The zero-order chi connectivity index (χ0) is 19.3. The first-order chi connectivity index (χ1) is 12.2. The normalized spacial score (nSPS) is 17.8. The average molecular weight is 371 g/mol. The van der Waals surface area contributed by atoms with E-state index in [9.17, 15) is 22.8 Å². The van der Waals surface area contributed by atoms with E-state index in [2.05, 4.69) is 5.32 Å². The van der Waals surface area contributed by atoms with Gasteiger partial charge in [-0.25, -0.2) is 0 Å². The van der Waals surface area contributed by atoms with Gasteiger partial charge in [0, 0.05) is 19.5 Å². The predicted octanol–water partition coefficient (Wildman–Crippen LogP) is 2.26. The number of alkyl halides is 3. The number of likely N-dealkylation sites (tertiary alicyclic amines) is 1. The van der Waals surface area contributed by atoms with Crippen molar-refractivity contribution in [3.05, 3.63) is 35.4 Å². The lowest BCUT2D eigenvalue weighted by atomic mass is 10.1. The van der Waals surface area contributed by atoms with Crippen molar-refractivity contribution in [1.29, 1.82) is 0 Å². The quantitative estimate of drug-likeness (QED) is 0.800. The molecule has 2 amide bonds. The Hall–Kier alpha value is -2.09. The number of carbonyl (C=O) groups is 2. The molecule has 0 aliphatic carbocycles. The fourth-order valence-corrected chi connectivity index (χ4v) is 3.09. The Kier molecular flexibility index (Phi) is 6.63. The zero-order valence-electron chi connectivity index (χ0n) is 15.0. The van der Waals surface area contributed by atoms with E-state index in [1.165, 1.54) is 23.1 Å². The molecule has 1 aliphatic heterocycles. The van der Waals surface area contributed by atoms with Crippen LogP contribution in [0, 0.1) is 0 Å². The van der Waals surface area contributed by atoms with E-state index in [1.807, 2.05) is 18.7 Å². The first-order valence-corrected chi connectivity index (χ1v) is 8.69. The van der Waals surface area contributed by atoms with Crippen molar-refractivity contribution in [2.75, 3.05) is 26.2 Å². The Labute approximate surface area is 151 Å². The molecule has 0 aromatic heterocycles. The van der Waals surface area contributed by atoms with Crippen LogP contribution in [0.5, 0.6) is 0 Å². The van der Waals surface area contributed by atoms with Crippen molar-refractivity contribution in [2.24, 2.45) is 0 Å². The first-order valence-electron chi connectivity index (χ1n) is 8.69. The summed E-state index contributed by atoms with van der Waals surface area (Å²) in [6, 6.07) is 4.87. The summed E-state index contributed by atoms with van der Waals surface area (Å²) in [6.07, 6.45) is -4.35. The first kappa shape index (κ1) is 20.2. The summed E-state index contributed by atoms with van der Waals surface area (Å²) in [5.74, 6) is -0.431. The molecule has 2 rings (SSSR count). The number of amides is 2. The van der Waals surface area contributed by atoms with Crippen molar-refractivity contribution >= 4 is 11.8 Å². The third-order valence-electron chi connectivity index (χ3n) is 4.53. The molecule has 0 radical (unpaired) electrons. The van der Waals surface area contributed by atoms with Gasteiger partial charge in [-0.3, -0.25) is 14.5 Å². The predicted molar refractivity (Wildman–Crippen MR) is 91.2 cm³/mol. The molecular weight excluding hydrogens is 347 g/mol. The van der Waals surface area contributed by atoms with Gasteiger partial charge in [-0.05, 0) is 24.7 Å². The minimum atomic E-state index is -4.46. The molecule has 8 heteroatoms. The third-order valence-corrected chi connectivity index (χ3v) is 4.53. The summed E-state index contributed by atoms with van der Waals surface area (Å²) in [5.41, 5.74) is -0.676. The number of nitrogens with zero attached hydrogens (tertiary/aromatic N) is 2. The Morgan fingerprint density at radius 1 is 1.27 bits per heavy atom. The Morgan fingerprint density at radius 2 is 1.92 bits per heavy atom. The van der Waals surface area contributed by atoms with Gasteiger partial charge in [-0.1, -0.05) is 32.0 Å². The SMILES string of the molecule is CCN(CC)CC(=O)N[C@H]1CC(=O)N(Cc2ccccc2C(F)(F)F)C1. The van der Waals surface area contributed by atoms with Gasteiger partial charge < -0.3 is 10.2 Å². The summed E-state index contributed by atoms with van der Waals surface area (Å²) < 4.78 is 39.3. The highest BCUT2D eigenvalue weighted by molar-refractivity contribution is 5.83. The van der Waals surface area contributed by atoms with Crippen LogP contribution in [0.4, 0.5) is 13.2 Å². The molecule has 0 spiro atoms. The maximum Gasteiger partial charge on any atom is 0.416 e. The lowest BCUT2D eigenvalue weighted by molar-refractivity contribution is -0.139. The van der Waals surface area contributed by atoms with Crippen molar-refractivity contribution in [1.82, 2.24) is 15.1 Å². The molecule has 1 atom stereocenters. The third kappa shape index (κ3) is 5.20. The van der Waals surface area contributed by atoms with E-state index in [0.717, 1.165) is 19.2 Å². The van der Waals surface area contributed by atoms with E-state index < -0.39 is 11.7 Å². The van der Waals surface area contributed by atoms with Gasteiger partial charge in [0.05, 0.1) is 18.2 Å². The molecule has 5 nitrogen and oxygen atoms in total. The highest BCUT2D eigenvalue weighted by Crippen LogP contribution is 2.32. The molecule has 1 fully saturated rings. The van der Waals surface area contributed by atoms with Gasteiger partial charge in [0.15, 0.2) is 0 Å². The summed E-state index contributed by atoms with van der Waals surface area (Å²) >= 11 is 0. The minimum absolute atomic E-state index is 0.0588. The number of benzene rings is 1. The molecule has 1 N–H and O–H groups in total. The Morgan fingerprint density at radius 3 is 2.54 bits per heavy atom. The average Bonchev–Trinajstić information content (AvgIpc) is 2.91. The Bertz CT molecular complexity index is 645. The topological polar surface area (TPSA) is 52.7 Å². The van der Waals surface area contributed by atoms with E-state index in [4.69, 9.17) is 0 Å². The highest BCUT2D eigenvalue weighted by Gasteiger charge is 2.35. The molecule has 0 bridgehead atoms. The van der Waals surface area contributed by atoms with Gasteiger partial charge in [0.1, 0.15) is 0 Å². The monoisotopic (exact) mass is 371 g/mol. The number of hydrogen-bond acceptors (Lipinski definition) is 3. The molecule has 0 saturated carbocycles. The summed E-state index contributed by atoms with van der Waals surface area (Å²) in [5, 5.41) is 2.80. The number of nitrogens with one attached hydrogen (secondary N) is 1. The van der Waals surface area contributed by atoms with Crippen molar-refractivity contribution in [3.63, 3.8) is 0 Å². The molecule has 0 unspecified atom stereocenters. The van der Waals surface area contributed by atoms with Crippen molar-refractivity contribution in [3.8, 4) is 0 Å². The van der Waals surface area contributed by atoms with Crippen LogP contribution in [0.2, 0.25) is 0 Å². The standard InChI is InChI=1S/C18H24F3N3O2/c1-3-23(4-2)12-16(25)22-14-9-17(26)24(11-14)10-13-7-5-6-8-15(13)18(19,20)21/h5-8,14H,3-4,9-12H2,1-2H3,(H,22,25)/t14-/m0/s1. The summed E-state index contributed by atoms with van der Waals surface area (Å²) in [7, 11) is 0. The number of halogens is 3. The molecule has 1 saturated heterocycles. The van der Waals surface area contributed by atoms with Crippen LogP contribution in [0.15, 0.2) is 24.3 Å². The van der Waals surface area contributed by atoms with Crippen LogP contribution in [0.3, 0.4) is 0 Å². The van der Waals surface area contributed by atoms with Gasteiger partial charge in [0.2, 0.25) is 11.8 Å².